The lowest BCUT2D eigenvalue weighted by Crippen LogP contribution is -2.37. The average molecular weight is 253 g/mol. The van der Waals surface area contributed by atoms with Gasteiger partial charge in [-0.15, -0.1) is 0 Å². The summed E-state index contributed by atoms with van der Waals surface area (Å²) >= 11 is 0. The molecule has 0 bridgehead atoms. The van der Waals surface area contributed by atoms with Crippen molar-refractivity contribution in [3.05, 3.63) is 0 Å². The van der Waals surface area contributed by atoms with Crippen molar-refractivity contribution >= 4 is 0 Å². The first-order chi connectivity index (χ1) is 7.89. The summed E-state index contributed by atoms with van der Waals surface area (Å²) in [5.41, 5.74) is 0. The van der Waals surface area contributed by atoms with Crippen molar-refractivity contribution in [2.24, 2.45) is 5.92 Å². The molecule has 1 aliphatic carbocycles. The van der Waals surface area contributed by atoms with Crippen LogP contribution in [-0.4, -0.2) is 30.0 Å². The minimum atomic E-state index is -4.02. The van der Waals surface area contributed by atoms with Gasteiger partial charge in [-0.2, -0.15) is 13.2 Å². The second-order valence-corrected chi connectivity index (χ2v) is 5.04. The quantitative estimate of drug-likeness (QED) is 0.738. The van der Waals surface area contributed by atoms with Crippen LogP contribution in [0.2, 0.25) is 0 Å². The number of hydrogen-bond donors (Lipinski definition) is 2. The van der Waals surface area contributed by atoms with Crippen LogP contribution in [0.5, 0.6) is 0 Å². The number of hydrogen-bond acceptors (Lipinski definition) is 2. The zero-order valence-corrected chi connectivity index (χ0v) is 10.3. The van der Waals surface area contributed by atoms with Crippen LogP contribution in [-0.2, 0) is 0 Å². The van der Waals surface area contributed by atoms with Crippen molar-refractivity contribution in [3.63, 3.8) is 0 Å². The van der Waals surface area contributed by atoms with Crippen LogP contribution < -0.4 is 5.32 Å². The second-order valence-electron chi connectivity index (χ2n) is 5.04. The number of alkyl halides is 3. The van der Waals surface area contributed by atoms with Crippen LogP contribution in [0, 0.1) is 5.92 Å². The smallest absolute Gasteiger partial charge is 0.391 e. The van der Waals surface area contributed by atoms with E-state index in [-0.39, 0.29) is 25.0 Å². The lowest BCUT2D eigenvalue weighted by molar-refractivity contribution is -0.182. The van der Waals surface area contributed by atoms with Crippen molar-refractivity contribution in [2.75, 3.05) is 6.54 Å². The molecule has 1 unspecified atom stereocenters. The zero-order valence-electron chi connectivity index (χ0n) is 10.3. The fourth-order valence-electron chi connectivity index (χ4n) is 2.33. The molecule has 0 spiro atoms. The first-order valence-electron chi connectivity index (χ1n) is 6.37. The molecule has 1 atom stereocenters. The predicted molar refractivity (Wildman–Crippen MR) is 60.7 cm³/mol. The van der Waals surface area contributed by atoms with E-state index in [1.807, 2.05) is 0 Å². The van der Waals surface area contributed by atoms with Gasteiger partial charge in [0.25, 0.3) is 0 Å². The minimum absolute atomic E-state index is 0.225. The van der Waals surface area contributed by atoms with Gasteiger partial charge in [-0.25, -0.2) is 0 Å². The van der Waals surface area contributed by atoms with Gasteiger partial charge in [0, 0.05) is 6.04 Å². The molecule has 0 aliphatic heterocycles. The molecule has 0 aromatic carbocycles. The van der Waals surface area contributed by atoms with Crippen LogP contribution >= 0.6 is 0 Å². The molecule has 2 N–H and O–H groups in total. The Labute approximate surface area is 101 Å². The Balaban J connectivity index is 2.11. The lowest BCUT2D eigenvalue weighted by Gasteiger charge is -2.30. The molecule has 0 aromatic rings. The molecule has 1 saturated carbocycles. The number of nitrogens with one attached hydrogen (secondary N) is 1. The van der Waals surface area contributed by atoms with E-state index in [1.54, 1.807) is 6.92 Å². The van der Waals surface area contributed by atoms with Gasteiger partial charge < -0.3 is 10.4 Å². The minimum Gasteiger partial charge on any atom is -0.393 e. The monoisotopic (exact) mass is 253 g/mol. The average Bonchev–Trinajstić information content (AvgIpc) is 2.23. The van der Waals surface area contributed by atoms with Gasteiger partial charge in [0.05, 0.1) is 12.0 Å². The van der Waals surface area contributed by atoms with E-state index >= 15 is 0 Å². The molecule has 2 nitrogen and oxygen atoms in total. The van der Waals surface area contributed by atoms with Crippen LogP contribution in [0.3, 0.4) is 0 Å². The molecule has 5 heteroatoms. The number of aliphatic hydroxyl groups excluding tert-OH is 1. The molecule has 0 radical (unpaired) electrons. The second kappa shape index (κ2) is 6.59. The zero-order chi connectivity index (χ0) is 12.9. The van der Waals surface area contributed by atoms with Crippen molar-refractivity contribution in [1.82, 2.24) is 5.32 Å². The molecule has 17 heavy (non-hydrogen) atoms. The van der Waals surface area contributed by atoms with E-state index in [2.05, 4.69) is 5.32 Å². The fourth-order valence-corrected chi connectivity index (χ4v) is 2.33. The third kappa shape index (κ3) is 5.73. The van der Waals surface area contributed by atoms with Crippen molar-refractivity contribution in [1.29, 1.82) is 0 Å². The highest BCUT2D eigenvalue weighted by Gasteiger charge is 2.41. The normalized spacial score (nSPS) is 28.1. The Hall–Kier alpha value is -0.290. The van der Waals surface area contributed by atoms with E-state index in [0.29, 0.717) is 12.8 Å². The Bertz CT molecular complexity index is 210. The summed E-state index contributed by atoms with van der Waals surface area (Å²) in [6.07, 6.45) is -0.982. The summed E-state index contributed by atoms with van der Waals surface area (Å²) in [6.45, 7) is 2.53. The molecule has 0 saturated heterocycles. The summed E-state index contributed by atoms with van der Waals surface area (Å²) < 4.78 is 37.2. The molecule has 1 aliphatic rings. The number of rotatable bonds is 5. The van der Waals surface area contributed by atoms with Gasteiger partial charge in [0.15, 0.2) is 0 Å². The Morgan fingerprint density at radius 1 is 1.24 bits per heavy atom. The van der Waals surface area contributed by atoms with Gasteiger partial charge in [0.2, 0.25) is 0 Å². The highest BCUT2D eigenvalue weighted by atomic mass is 19.4. The number of aliphatic hydroxyl groups is 1. The van der Waals surface area contributed by atoms with Gasteiger partial charge in [-0.1, -0.05) is 0 Å². The molecular formula is C12H22F3NO. The molecular weight excluding hydrogens is 231 g/mol. The summed E-state index contributed by atoms with van der Waals surface area (Å²) in [4.78, 5) is 0. The van der Waals surface area contributed by atoms with Gasteiger partial charge in [0.1, 0.15) is 0 Å². The van der Waals surface area contributed by atoms with Crippen molar-refractivity contribution < 1.29 is 18.3 Å². The van der Waals surface area contributed by atoms with Crippen molar-refractivity contribution in [3.8, 4) is 0 Å². The van der Waals surface area contributed by atoms with Gasteiger partial charge in [-0.05, 0) is 52.0 Å². The molecule has 1 rings (SSSR count). The van der Waals surface area contributed by atoms with Crippen molar-refractivity contribution in [2.45, 2.75) is 63.8 Å². The van der Waals surface area contributed by atoms with Gasteiger partial charge in [-0.3, -0.25) is 0 Å². The maximum Gasteiger partial charge on any atom is 0.391 e. The number of halogens is 3. The van der Waals surface area contributed by atoms with Gasteiger partial charge >= 0.3 is 6.18 Å². The third-order valence-electron chi connectivity index (χ3n) is 3.42. The van der Waals surface area contributed by atoms with Crippen LogP contribution in [0.4, 0.5) is 13.2 Å². The first-order valence-corrected chi connectivity index (χ1v) is 6.37. The Kier molecular flexibility index (Phi) is 5.73. The van der Waals surface area contributed by atoms with E-state index in [4.69, 9.17) is 5.11 Å². The molecule has 0 aromatic heterocycles. The molecule has 102 valence electrons. The molecule has 1 fully saturated rings. The van der Waals surface area contributed by atoms with Crippen LogP contribution in [0.1, 0.15) is 45.4 Å². The van der Waals surface area contributed by atoms with E-state index in [1.165, 1.54) is 0 Å². The predicted octanol–water partition coefficient (Wildman–Crippen LogP) is 2.86. The maximum absolute atomic E-state index is 12.4. The first kappa shape index (κ1) is 14.8. The van der Waals surface area contributed by atoms with E-state index in [9.17, 15) is 13.2 Å². The third-order valence-corrected chi connectivity index (χ3v) is 3.42. The highest BCUT2D eigenvalue weighted by molar-refractivity contribution is 4.80. The Morgan fingerprint density at radius 3 is 2.29 bits per heavy atom. The Morgan fingerprint density at radius 2 is 1.82 bits per heavy atom. The standard InChI is InChI=1S/C12H22F3NO/c1-9(17)3-2-8-16-11-6-4-10(5-7-11)12(13,14)15/h9-11,16-17H,2-8H2,1H3. The summed E-state index contributed by atoms with van der Waals surface area (Å²) in [6, 6.07) is 0.225. The molecule has 0 amide bonds. The SMILES string of the molecule is CC(O)CCCNC1CCC(C(F)(F)F)CC1. The van der Waals surface area contributed by atoms with E-state index in [0.717, 1.165) is 19.4 Å². The highest BCUT2D eigenvalue weighted by Crippen LogP contribution is 2.37. The summed E-state index contributed by atoms with van der Waals surface area (Å²) in [7, 11) is 0. The largest absolute Gasteiger partial charge is 0.393 e. The summed E-state index contributed by atoms with van der Waals surface area (Å²) in [5.74, 6) is -1.10. The van der Waals surface area contributed by atoms with Crippen LogP contribution in [0.15, 0.2) is 0 Å². The fraction of sp³-hybridized carbons (Fsp3) is 1.00. The lowest BCUT2D eigenvalue weighted by atomic mass is 9.85. The molecule has 0 heterocycles. The topological polar surface area (TPSA) is 32.3 Å². The summed E-state index contributed by atoms with van der Waals surface area (Å²) in [5, 5.41) is 12.3. The van der Waals surface area contributed by atoms with Crippen LogP contribution in [0.25, 0.3) is 0 Å². The van der Waals surface area contributed by atoms with E-state index < -0.39 is 12.1 Å². The maximum atomic E-state index is 12.4.